The summed E-state index contributed by atoms with van der Waals surface area (Å²) in [6, 6.07) is 3.94. The first-order chi connectivity index (χ1) is 10.7. The lowest BCUT2D eigenvalue weighted by Gasteiger charge is -2.45. The molecule has 1 unspecified atom stereocenters. The van der Waals surface area contributed by atoms with Gasteiger partial charge in [-0.25, -0.2) is 4.39 Å². The van der Waals surface area contributed by atoms with E-state index in [-0.39, 0.29) is 18.0 Å². The van der Waals surface area contributed by atoms with Gasteiger partial charge in [0, 0.05) is 30.0 Å². The summed E-state index contributed by atoms with van der Waals surface area (Å²) in [5.41, 5.74) is 2.63. The van der Waals surface area contributed by atoms with Crippen molar-refractivity contribution >= 4 is 5.69 Å². The molecule has 1 N–H and O–H groups in total. The molecule has 0 spiro atoms. The third kappa shape index (κ3) is 2.28. The monoisotopic (exact) mass is 299 g/mol. The smallest absolute Gasteiger partial charge is 0.146 e. The maximum atomic E-state index is 14.5. The van der Waals surface area contributed by atoms with E-state index in [1.165, 1.54) is 0 Å². The van der Waals surface area contributed by atoms with Crippen LogP contribution in [0.2, 0.25) is 0 Å². The van der Waals surface area contributed by atoms with Crippen LogP contribution in [0.15, 0.2) is 36.4 Å². The largest absolute Gasteiger partial charge is 0.379 e. The Morgan fingerprint density at radius 2 is 2.18 bits per heavy atom. The Morgan fingerprint density at radius 1 is 1.27 bits per heavy atom. The number of nitrogens with one attached hydrogen (secondary N) is 1. The third-order valence-corrected chi connectivity index (χ3v) is 5.19. The van der Waals surface area contributed by atoms with Gasteiger partial charge in [0.15, 0.2) is 0 Å². The first kappa shape index (κ1) is 14.0. The van der Waals surface area contributed by atoms with Crippen molar-refractivity contribution in [3.05, 3.63) is 53.4 Å². The van der Waals surface area contributed by atoms with Gasteiger partial charge in [-0.05, 0) is 37.8 Å². The number of ether oxygens (including phenoxy) is 1. The molecule has 1 aromatic carbocycles. The van der Waals surface area contributed by atoms with Crippen LogP contribution < -0.4 is 5.32 Å². The Hall–Kier alpha value is -1.61. The molecule has 4 rings (SSSR count). The Balaban J connectivity index is 1.76. The van der Waals surface area contributed by atoms with Crippen LogP contribution in [-0.2, 0) is 4.74 Å². The second kappa shape index (κ2) is 5.54. The Kier molecular flexibility index (Phi) is 3.53. The minimum absolute atomic E-state index is 0.0312. The van der Waals surface area contributed by atoms with Crippen LogP contribution >= 0.6 is 0 Å². The quantitative estimate of drug-likeness (QED) is 0.822. The van der Waals surface area contributed by atoms with E-state index in [1.807, 2.05) is 6.92 Å². The number of fused-ring (bicyclic) bond motifs is 3. The van der Waals surface area contributed by atoms with Crippen LogP contribution in [0.5, 0.6) is 0 Å². The van der Waals surface area contributed by atoms with E-state index in [4.69, 9.17) is 4.74 Å². The van der Waals surface area contributed by atoms with Gasteiger partial charge in [-0.2, -0.15) is 0 Å². The predicted octanol–water partition coefficient (Wildman–Crippen LogP) is 4.53. The average molecular weight is 299 g/mol. The molecule has 0 bridgehead atoms. The minimum Gasteiger partial charge on any atom is -0.379 e. The maximum Gasteiger partial charge on any atom is 0.146 e. The van der Waals surface area contributed by atoms with Crippen LogP contribution in [0.3, 0.4) is 0 Å². The average Bonchev–Trinajstić information content (AvgIpc) is 2.55. The predicted molar refractivity (Wildman–Crippen MR) is 86.4 cm³/mol. The van der Waals surface area contributed by atoms with Crippen molar-refractivity contribution in [1.29, 1.82) is 0 Å². The van der Waals surface area contributed by atoms with Gasteiger partial charge >= 0.3 is 0 Å². The Morgan fingerprint density at radius 3 is 3.00 bits per heavy atom. The highest BCUT2D eigenvalue weighted by Crippen LogP contribution is 2.47. The van der Waals surface area contributed by atoms with Gasteiger partial charge < -0.3 is 10.1 Å². The summed E-state index contributed by atoms with van der Waals surface area (Å²) in [5, 5.41) is 3.52. The van der Waals surface area contributed by atoms with E-state index < -0.39 is 0 Å². The Labute approximate surface area is 131 Å². The summed E-state index contributed by atoms with van der Waals surface area (Å²) in [7, 11) is 0. The minimum atomic E-state index is -0.150. The lowest BCUT2D eigenvalue weighted by molar-refractivity contribution is -0.0420. The van der Waals surface area contributed by atoms with Gasteiger partial charge in [0.2, 0.25) is 0 Å². The number of hydrogen-bond donors (Lipinski definition) is 1. The first-order valence-corrected chi connectivity index (χ1v) is 8.25. The second-order valence-electron chi connectivity index (χ2n) is 6.69. The van der Waals surface area contributed by atoms with E-state index in [0.717, 1.165) is 37.0 Å². The summed E-state index contributed by atoms with van der Waals surface area (Å²) >= 11 is 0. The molecule has 1 aromatic rings. The molecule has 2 heterocycles. The topological polar surface area (TPSA) is 21.3 Å². The fourth-order valence-corrected chi connectivity index (χ4v) is 4.20. The zero-order chi connectivity index (χ0) is 15.1. The molecule has 0 saturated carbocycles. The summed E-state index contributed by atoms with van der Waals surface area (Å²) in [4.78, 5) is 0. The lowest BCUT2D eigenvalue weighted by atomic mass is 9.73. The molecule has 116 valence electrons. The number of rotatable bonds is 1. The van der Waals surface area contributed by atoms with Crippen LogP contribution in [0.4, 0.5) is 10.1 Å². The van der Waals surface area contributed by atoms with E-state index in [1.54, 1.807) is 6.07 Å². The summed E-state index contributed by atoms with van der Waals surface area (Å²) in [5.74, 6) is 0.680. The number of anilines is 1. The zero-order valence-corrected chi connectivity index (χ0v) is 12.9. The highest BCUT2D eigenvalue weighted by molar-refractivity contribution is 5.58. The van der Waals surface area contributed by atoms with Crippen molar-refractivity contribution in [2.24, 2.45) is 11.8 Å². The molecule has 1 fully saturated rings. The zero-order valence-electron chi connectivity index (χ0n) is 12.9. The molecule has 22 heavy (non-hydrogen) atoms. The molecule has 0 aromatic heterocycles. The van der Waals surface area contributed by atoms with Gasteiger partial charge in [0.05, 0.1) is 11.8 Å². The molecule has 3 heteroatoms. The van der Waals surface area contributed by atoms with Crippen molar-refractivity contribution < 1.29 is 9.13 Å². The molecular formula is C19H22FNO. The maximum absolute atomic E-state index is 14.5. The number of aryl methyl sites for hydroxylation is 1. The molecule has 0 amide bonds. The van der Waals surface area contributed by atoms with Crippen molar-refractivity contribution in [1.82, 2.24) is 0 Å². The number of halogens is 1. The van der Waals surface area contributed by atoms with Gasteiger partial charge in [0.25, 0.3) is 0 Å². The summed E-state index contributed by atoms with van der Waals surface area (Å²) in [6.45, 7) is 2.73. The highest BCUT2D eigenvalue weighted by Gasteiger charge is 2.42. The summed E-state index contributed by atoms with van der Waals surface area (Å²) < 4.78 is 20.6. The molecule has 4 atom stereocenters. The van der Waals surface area contributed by atoms with Gasteiger partial charge in [-0.3, -0.25) is 0 Å². The van der Waals surface area contributed by atoms with Crippen LogP contribution in [-0.4, -0.2) is 12.6 Å². The van der Waals surface area contributed by atoms with E-state index in [2.05, 4.69) is 35.7 Å². The van der Waals surface area contributed by atoms with Crippen molar-refractivity contribution in [3.8, 4) is 0 Å². The number of allylic oxidation sites excluding steroid dienone is 3. The van der Waals surface area contributed by atoms with Crippen molar-refractivity contribution in [3.63, 3.8) is 0 Å². The van der Waals surface area contributed by atoms with E-state index in [9.17, 15) is 4.39 Å². The fraction of sp³-hybridized carbons (Fsp3) is 0.474. The number of hydrogen-bond acceptors (Lipinski definition) is 2. The first-order valence-electron chi connectivity index (χ1n) is 8.25. The molecule has 0 radical (unpaired) electrons. The standard InChI is InChI=1S/C19H22FNO/c1-12-10-15-18(16(20)11-12)21-17(13-6-3-2-4-7-13)14-8-5-9-22-19(14)15/h2-4,6,10-11,13-14,17,19,21H,5,7-9H2,1H3/t13?,14-,17-,19-/m0/s1. The van der Waals surface area contributed by atoms with Gasteiger partial charge in [-0.1, -0.05) is 30.4 Å². The normalized spacial score (nSPS) is 33.0. The second-order valence-corrected chi connectivity index (χ2v) is 6.69. The van der Waals surface area contributed by atoms with Crippen molar-refractivity contribution in [2.75, 3.05) is 11.9 Å². The molecular weight excluding hydrogens is 277 g/mol. The third-order valence-electron chi connectivity index (χ3n) is 5.19. The van der Waals surface area contributed by atoms with Crippen LogP contribution in [0, 0.1) is 24.6 Å². The van der Waals surface area contributed by atoms with Gasteiger partial charge in [0.1, 0.15) is 5.82 Å². The Bertz CT molecular complexity index is 637. The van der Waals surface area contributed by atoms with Crippen LogP contribution in [0.25, 0.3) is 0 Å². The molecule has 1 saturated heterocycles. The molecule has 2 aliphatic heterocycles. The highest BCUT2D eigenvalue weighted by atomic mass is 19.1. The lowest BCUT2D eigenvalue weighted by Crippen LogP contribution is -2.45. The molecule has 1 aliphatic carbocycles. The fourth-order valence-electron chi connectivity index (χ4n) is 4.20. The number of benzene rings is 1. The van der Waals surface area contributed by atoms with E-state index >= 15 is 0 Å². The molecule has 3 aliphatic rings. The van der Waals surface area contributed by atoms with E-state index in [0.29, 0.717) is 17.5 Å². The van der Waals surface area contributed by atoms with Gasteiger partial charge in [-0.15, -0.1) is 0 Å². The SMILES string of the molecule is Cc1cc(F)c2c(c1)[C@H]1OCCC[C@H]1[C@H](C1C=CC=CC1)N2. The molecule has 2 nitrogen and oxygen atoms in total. The van der Waals surface area contributed by atoms with Crippen molar-refractivity contribution in [2.45, 2.75) is 38.3 Å². The van der Waals surface area contributed by atoms with Crippen LogP contribution in [0.1, 0.15) is 36.5 Å². The summed E-state index contributed by atoms with van der Waals surface area (Å²) in [6.07, 6.45) is 11.9.